The van der Waals surface area contributed by atoms with Gasteiger partial charge in [-0.25, -0.2) is 9.97 Å². The van der Waals surface area contributed by atoms with E-state index in [1.165, 1.54) is 0 Å². The zero-order chi connectivity index (χ0) is 12.3. The molecule has 0 atom stereocenters. The molecule has 1 aliphatic rings. The highest BCUT2D eigenvalue weighted by Gasteiger charge is 2.27. The number of aryl methyl sites for hydroxylation is 1. The van der Waals surface area contributed by atoms with Gasteiger partial charge in [0, 0.05) is 24.2 Å². The summed E-state index contributed by atoms with van der Waals surface area (Å²) < 4.78 is 0. The average molecular weight is 234 g/mol. The van der Waals surface area contributed by atoms with E-state index < -0.39 is 5.97 Å². The Hall–Kier alpha value is -1.45. The molecule has 17 heavy (non-hydrogen) atoms. The highest BCUT2D eigenvalue weighted by atomic mass is 16.4. The van der Waals surface area contributed by atoms with Crippen molar-refractivity contribution in [1.82, 2.24) is 9.97 Å². The van der Waals surface area contributed by atoms with Gasteiger partial charge in [-0.1, -0.05) is 6.92 Å². The molecule has 0 saturated heterocycles. The number of hydrogen-bond donors (Lipinski definition) is 1. The van der Waals surface area contributed by atoms with Gasteiger partial charge >= 0.3 is 5.97 Å². The van der Waals surface area contributed by atoms with E-state index in [4.69, 9.17) is 5.11 Å². The predicted molar refractivity (Wildman–Crippen MR) is 63.7 cm³/mol. The number of carbonyl (C=O) groups is 1. The van der Waals surface area contributed by atoms with Gasteiger partial charge in [-0.3, -0.25) is 4.79 Å². The Kier molecular flexibility index (Phi) is 3.71. The number of hydrogen-bond acceptors (Lipinski definition) is 3. The molecule has 0 aromatic carbocycles. The third-order valence-electron chi connectivity index (χ3n) is 3.54. The van der Waals surface area contributed by atoms with Gasteiger partial charge in [-0.05, 0) is 31.7 Å². The van der Waals surface area contributed by atoms with Crippen LogP contribution in [-0.4, -0.2) is 21.0 Å². The van der Waals surface area contributed by atoms with Gasteiger partial charge < -0.3 is 5.11 Å². The van der Waals surface area contributed by atoms with E-state index in [2.05, 4.69) is 9.97 Å². The molecule has 4 nitrogen and oxygen atoms in total. The molecule has 0 unspecified atom stereocenters. The molecule has 0 aliphatic heterocycles. The first-order valence-electron chi connectivity index (χ1n) is 6.25. The van der Waals surface area contributed by atoms with E-state index in [0.29, 0.717) is 5.92 Å². The molecule has 1 heterocycles. The molecule has 0 amide bonds. The van der Waals surface area contributed by atoms with Crippen LogP contribution >= 0.6 is 0 Å². The van der Waals surface area contributed by atoms with Crippen molar-refractivity contribution >= 4 is 5.97 Å². The molecular weight excluding hydrogens is 216 g/mol. The van der Waals surface area contributed by atoms with Crippen molar-refractivity contribution in [2.75, 3.05) is 0 Å². The van der Waals surface area contributed by atoms with Gasteiger partial charge in [0.2, 0.25) is 0 Å². The van der Waals surface area contributed by atoms with Crippen LogP contribution in [-0.2, 0) is 11.2 Å². The van der Waals surface area contributed by atoms with Crippen molar-refractivity contribution in [1.29, 1.82) is 0 Å². The van der Waals surface area contributed by atoms with Crippen LogP contribution in [0.25, 0.3) is 0 Å². The van der Waals surface area contributed by atoms with Crippen LogP contribution in [0.3, 0.4) is 0 Å². The molecule has 1 aromatic rings. The summed E-state index contributed by atoms with van der Waals surface area (Å²) in [5, 5.41) is 8.95. The number of carboxylic acids is 1. The lowest BCUT2D eigenvalue weighted by Gasteiger charge is -2.25. The van der Waals surface area contributed by atoms with Crippen molar-refractivity contribution < 1.29 is 9.90 Å². The molecule has 0 radical (unpaired) electrons. The molecule has 1 saturated carbocycles. The Balaban J connectivity index is 2.02. The van der Waals surface area contributed by atoms with Gasteiger partial charge in [0.15, 0.2) is 0 Å². The Morgan fingerprint density at radius 2 is 2.12 bits per heavy atom. The maximum atomic E-state index is 10.9. The van der Waals surface area contributed by atoms with Crippen molar-refractivity contribution in [2.24, 2.45) is 5.92 Å². The number of aromatic nitrogens is 2. The molecule has 1 fully saturated rings. The first-order valence-corrected chi connectivity index (χ1v) is 6.25. The van der Waals surface area contributed by atoms with E-state index in [1.54, 1.807) is 0 Å². The molecule has 0 bridgehead atoms. The van der Waals surface area contributed by atoms with E-state index >= 15 is 0 Å². The topological polar surface area (TPSA) is 63.1 Å². The summed E-state index contributed by atoms with van der Waals surface area (Å²) in [6.07, 6.45) is 6.05. The minimum Gasteiger partial charge on any atom is -0.481 e. The minimum atomic E-state index is -0.652. The SMILES string of the molecule is CCc1nccc(C2CCC(C(=O)O)CC2)n1. The number of aliphatic carboxylic acids is 1. The first kappa shape index (κ1) is 12.0. The maximum absolute atomic E-state index is 10.9. The van der Waals surface area contributed by atoms with Crippen molar-refractivity contribution in [3.8, 4) is 0 Å². The molecule has 92 valence electrons. The zero-order valence-corrected chi connectivity index (χ0v) is 10.1. The molecule has 4 heteroatoms. The van der Waals surface area contributed by atoms with Crippen LogP contribution in [0.15, 0.2) is 12.3 Å². The van der Waals surface area contributed by atoms with Crippen molar-refractivity contribution in [3.05, 3.63) is 23.8 Å². The third-order valence-corrected chi connectivity index (χ3v) is 3.54. The Morgan fingerprint density at radius 3 is 2.71 bits per heavy atom. The van der Waals surface area contributed by atoms with Gasteiger partial charge in [-0.2, -0.15) is 0 Å². The molecule has 2 rings (SSSR count). The van der Waals surface area contributed by atoms with Crippen LogP contribution in [0.5, 0.6) is 0 Å². The molecule has 1 aromatic heterocycles. The summed E-state index contributed by atoms with van der Waals surface area (Å²) in [7, 11) is 0. The van der Waals surface area contributed by atoms with Gasteiger partial charge in [0.1, 0.15) is 5.82 Å². The molecular formula is C13H18N2O2. The number of nitrogens with zero attached hydrogens (tertiary/aromatic N) is 2. The second-order valence-electron chi connectivity index (χ2n) is 4.64. The fourth-order valence-corrected chi connectivity index (χ4v) is 2.45. The smallest absolute Gasteiger partial charge is 0.306 e. The fourth-order valence-electron chi connectivity index (χ4n) is 2.45. The number of carboxylic acid groups (broad SMARTS) is 1. The van der Waals surface area contributed by atoms with Crippen molar-refractivity contribution in [2.45, 2.75) is 44.9 Å². The third kappa shape index (κ3) is 2.81. The summed E-state index contributed by atoms with van der Waals surface area (Å²) >= 11 is 0. The predicted octanol–water partition coefficient (Wildman–Crippen LogP) is 2.40. The summed E-state index contributed by atoms with van der Waals surface area (Å²) in [4.78, 5) is 19.6. The summed E-state index contributed by atoms with van der Waals surface area (Å²) in [5.41, 5.74) is 1.08. The minimum absolute atomic E-state index is 0.154. The Bertz CT molecular complexity index is 398. The van der Waals surface area contributed by atoms with Crippen LogP contribution in [0, 0.1) is 5.92 Å². The first-order chi connectivity index (χ1) is 8.20. The van der Waals surface area contributed by atoms with Crippen LogP contribution < -0.4 is 0 Å². The second kappa shape index (κ2) is 5.25. The van der Waals surface area contributed by atoms with Crippen LogP contribution in [0.1, 0.15) is 50.0 Å². The normalized spacial score (nSPS) is 24.5. The van der Waals surface area contributed by atoms with E-state index in [0.717, 1.165) is 43.6 Å². The zero-order valence-electron chi connectivity index (χ0n) is 10.1. The Morgan fingerprint density at radius 1 is 1.41 bits per heavy atom. The largest absolute Gasteiger partial charge is 0.481 e. The monoisotopic (exact) mass is 234 g/mol. The van der Waals surface area contributed by atoms with E-state index in [-0.39, 0.29) is 5.92 Å². The lowest BCUT2D eigenvalue weighted by Crippen LogP contribution is -2.21. The van der Waals surface area contributed by atoms with Gasteiger partial charge in [0.25, 0.3) is 0 Å². The Labute approximate surface area is 101 Å². The van der Waals surface area contributed by atoms with Crippen molar-refractivity contribution in [3.63, 3.8) is 0 Å². The standard InChI is InChI=1S/C13H18N2O2/c1-2-12-14-8-7-11(15-12)9-3-5-10(6-4-9)13(16)17/h7-10H,2-6H2,1H3,(H,16,17). The van der Waals surface area contributed by atoms with E-state index in [1.807, 2.05) is 19.2 Å². The van der Waals surface area contributed by atoms with Crippen LogP contribution in [0.4, 0.5) is 0 Å². The van der Waals surface area contributed by atoms with Gasteiger partial charge in [-0.15, -0.1) is 0 Å². The highest BCUT2D eigenvalue weighted by molar-refractivity contribution is 5.70. The molecule has 0 spiro atoms. The molecule has 1 aliphatic carbocycles. The quantitative estimate of drug-likeness (QED) is 0.872. The lowest BCUT2D eigenvalue weighted by atomic mass is 9.80. The summed E-state index contributed by atoms with van der Waals surface area (Å²) in [6.45, 7) is 2.04. The van der Waals surface area contributed by atoms with Crippen LogP contribution in [0.2, 0.25) is 0 Å². The second-order valence-corrected chi connectivity index (χ2v) is 4.64. The average Bonchev–Trinajstić information content (AvgIpc) is 2.39. The van der Waals surface area contributed by atoms with Gasteiger partial charge in [0.05, 0.1) is 5.92 Å². The fraction of sp³-hybridized carbons (Fsp3) is 0.615. The maximum Gasteiger partial charge on any atom is 0.306 e. The molecule has 1 N–H and O–H groups in total. The highest BCUT2D eigenvalue weighted by Crippen LogP contribution is 2.34. The summed E-state index contributed by atoms with van der Waals surface area (Å²) in [6, 6.07) is 1.96. The summed E-state index contributed by atoms with van der Waals surface area (Å²) in [5.74, 6) is 0.487. The lowest BCUT2D eigenvalue weighted by molar-refractivity contribution is -0.142. The van der Waals surface area contributed by atoms with E-state index in [9.17, 15) is 4.79 Å². The number of rotatable bonds is 3.